The first kappa shape index (κ1) is 32.4. The molecule has 12 nitrogen and oxygen atoms in total. The molecule has 4 heterocycles. The molecule has 250 valence electrons. The summed E-state index contributed by atoms with van der Waals surface area (Å²) in [5.74, 6) is 0.00170. The number of carbonyl (C=O) groups excluding carboxylic acids is 2. The number of ether oxygens (including phenoxy) is 2. The summed E-state index contributed by atoms with van der Waals surface area (Å²) in [6.45, 7) is 6.45. The van der Waals surface area contributed by atoms with Crippen LogP contribution in [-0.4, -0.2) is 80.8 Å². The number of halogens is 3. The summed E-state index contributed by atoms with van der Waals surface area (Å²) in [6, 6.07) is 3.14. The maximum Gasteiger partial charge on any atom is 0.435 e. The van der Waals surface area contributed by atoms with Crippen molar-refractivity contribution in [3.63, 3.8) is 0 Å². The first-order chi connectivity index (χ1) is 22.8. The van der Waals surface area contributed by atoms with Gasteiger partial charge in [-0.25, -0.2) is 9.97 Å². The van der Waals surface area contributed by atoms with Gasteiger partial charge in [-0.1, -0.05) is 6.92 Å². The highest BCUT2D eigenvalue weighted by Crippen LogP contribution is 2.40. The van der Waals surface area contributed by atoms with E-state index in [2.05, 4.69) is 30.6 Å². The number of rotatable bonds is 14. The van der Waals surface area contributed by atoms with Crippen molar-refractivity contribution in [3.05, 3.63) is 53.7 Å². The van der Waals surface area contributed by atoms with Gasteiger partial charge in [-0.2, -0.15) is 18.3 Å². The molecule has 1 aliphatic carbocycles. The monoisotopic (exact) mass is 654 g/mol. The van der Waals surface area contributed by atoms with E-state index in [1.54, 1.807) is 12.1 Å². The van der Waals surface area contributed by atoms with Gasteiger partial charge in [0.05, 0.1) is 42.4 Å². The van der Waals surface area contributed by atoms with E-state index < -0.39 is 11.9 Å². The Morgan fingerprint density at radius 2 is 1.94 bits per heavy atom. The van der Waals surface area contributed by atoms with Crippen molar-refractivity contribution in [1.82, 2.24) is 34.4 Å². The van der Waals surface area contributed by atoms with E-state index in [0.717, 1.165) is 38.9 Å². The minimum atomic E-state index is -4.66. The second-order valence-corrected chi connectivity index (χ2v) is 11.6. The number of nitrogens with zero attached hydrogens (tertiary/aromatic N) is 6. The number of likely N-dealkylation sites (tertiary alicyclic amines) is 1. The minimum absolute atomic E-state index is 0.0602. The second-order valence-electron chi connectivity index (χ2n) is 11.6. The average Bonchev–Trinajstić information content (AvgIpc) is 3.79. The summed E-state index contributed by atoms with van der Waals surface area (Å²) in [5.41, 5.74) is 0.541. The van der Waals surface area contributed by atoms with E-state index >= 15 is 0 Å². The lowest BCUT2D eigenvalue weighted by Crippen LogP contribution is -2.30. The predicted octanol–water partition coefficient (Wildman–Crippen LogP) is 5.02. The molecule has 1 aromatic carbocycles. The molecule has 0 unspecified atom stereocenters. The van der Waals surface area contributed by atoms with Gasteiger partial charge in [0.1, 0.15) is 0 Å². The summed E-state index contributed by atoms with van der Waals surface area (Å²) >= 11 is 0. The van der Waals surface area contributed by atoms with Crippen LogP contribution in [0.3, 0.4) is 0 Å². The van der Waals surface area contributed by atoms with Gasteiger partial charge in [-0.3, -0.25) is 18.7 Å². The van der Waals surface area contributed by atoms with Crippen LogP contribution in [-0.2, 0) is 22.1 Å². The Hall–Kier alpha value is -4.50. The molecule has 1 saturated heterocycles. The van der Waals surface area contributed by atoms with Crippen molar-refractivity contribution in [2.75, 3.05) is 44.7 Å². The third kappa shape index (κ3) is 6.95. The third-order valence-electron chi connectivity index (χ3n) is 8.71. The van der Waals surface area contributed by atoms with Gasteiger partial charge >= 0.3 is 6.18 Å². The molecule has 1 aliphatic heterocycles. The Labute approximate surface area is 269 Å². The normalized spacial score (nSPS) is 15.6. The largest absolute Gasteiger partial charge is 0.435 e. The molecule has 6 rings (SSSR count). The Kier molecular flexibility index (Phi) is 9.73. The Balaban J connectivity index is 1.21. The maximum atomic E-state index is 14.0. The van der Waals surface area contributed by atoms with Crippen molar-refractivity contribution in [2.24, 2.45) is 0 Å². The fraction of sp³-hybridized carbons (Fsp3) is 0.469. The number of imidazole rings is 1. The third-order valence-corrected chi connectivity index (χ3v) is 8.71. The average molecular weight is 655 g/mol. The smallest absolute Gasteiger partial charge is 0.426 e. The van der Waals surface area contributed by atoms with E-state index in [-0.39, 0.29) is 46.9 Å². The van der Waals surface area contributed by atoms with Crippen LogP contribution >= 0.6 is 0 Å². The van der Waals surface area contributed by atoms with Crippen LogP contribution in [0.1, 0.15) is 66.7 Å². The molecule has 1 amide bonds. The van der Waals surface area contributed by atoms with Crippen LogP contribution in [0, 0.1) is 0 Å². The standard InChI is InChI=1S/C32H37F3N8O4/c1-2-22-23(31(45)37-11-16-46-17-15-41-12-3-4-13-41)8-9-25(27(22)47-20-44)39-29-30-38-18-26(42(30)14-10-36-29)24-19-43(21-6-5-7-21)40-28(24)32(33,34)35/h8-10,14,18-21H,2-7,11-13,15-17H2,1H3,(H,36,39)(H,37,45). The highest BCUT2D eigenvalue weighted by atomic mass is 19.4. The number of hydrogen-bond donors (Lipinski definition) is 2. The first-order valence-corrected chi connectivity index (χ1v) is 15.9. The van der Waals surface area contributed by atoms with Crippen LogP contribution < -0.4 is 15.4 Å². The maximum absolute atomic E-state index is 14.0. The van der Waals surface area contributed by atoms with Gasteiger partial charge < -0.3 is 25.0 Å². The summed E-state index contributed by atoms with van der Waals surface area (Å²) in [6.07, 6.45) is 6.39. The van der Waals surface area contributed by atoms with Crippen LogP contribution in [0.15, 0.2) is 36.9 Å². The molecule has 1 saturated carbocycles. The van der Waals surface area contributed by atoms with Gasteiger partial charge in [0.25, 0.3) is 12.4 Å². The van der Waals surface area contributed by atoms with Gasteiger partial charge in [-0.15, -0.1) is 0 Å². The van der Waals surface area contributed by atoms with Gasteiger partial charge in [0.2, 0.25) is 0 Å². The second kappa shape index (κ2) is 14.1. The number of hydrogen-bond acceptors (Lipinski definition) is 9. The number of fused-ring (bicyclic) bond motifs is 1. The van der Waals surface area contributed by atoms with Crippen LogP contribution in [0.25, 0.3) is 16.9 Å². The molecule has 0 radical (unpaired) electrons. The number of alkyl halides is 3. The zero-order valence-corrected chi connectivity index (χ0v) is 26.1. The molecule has 0 spiro atoms. The molecular formula is C32H37F3N8O4. The first-order valence-electron chi connectivity index (χ1n) is 15.9. The zero-order chi connectivity index (χ0) is 33.0. The van der Waals surface area contributed by atoms with Crippen molar-refractivity contribution in [3.8, 4) is 17.0 Å². The quantitative estimate of drug-likeness (QED) is 0.142. The summed E-state index contributed by atoms with van der Waals surface area (Å²) in [7, 11) is 0. The zero-order valence-electron chi connectivity index (χ0n) is 26.1. The highest BCUT2D eigenvalue weighted by Gasteiger charge is 2.39. The van der Waals surface area contributed by atoms with Crippen molar-refractivity contribution >= 4 is 29.5 Å². The van der Waals surface area contributed by atoms with Gasteiger partial charge in [-0.05, 0) is 63.7 Å². The van der Waals surface area contributed by atoms with Gasteiger partial charge in [0, 0.05) is 42.8 Å². The molecule has 3 aromatic heterocycles. The van der Waals surface area contributed by atoms with Crippen molar-refractivity contribution in [2.45, 2.75) is 57.7 Å². The lowest BCUT2D eigenvalue weighted by atomic mass is 9.93. The van der Waals surface area contributed by atoms with Crippen LogP contribution in [0.2, 0.25) is 0 Å². The summed E-state index contributed by atoms with van der Waals surface area (Å²) in [5, 5.41) is 9.87. The Morgan fingerprint density at radius 1 is 1.13 bits per heavy atom. The molecule has 0 atom stereocenters. The van der Waals surface area contributed by atoms with Gasteiger partial charge in [0.15, 0.2) is 22.9 Å². The van der Waals surface area contributed by atoms with Crippen LogP contribution in [0.5, 0.6) is 5.75 Å². The Bertz CT molecular complexity index is 1730. The number of anilines is 2. The number of benzene rings is 1. The van der Waals surface area contributed by atoms with E-state index in [9.17, 15) is 22.8 Å². The fourth-order valence-electron chi connectivity index (χ4n) is 6.07. The minimum Gasteiger partial charge on any atom is -0.426 e. The van der Waals surface area contributed by atoms with Crippen molar-refractivity contribution in [1.29, 1.82) is 0 Å². The highest BCUT2D eigenvalue weighted by molar-refractivity contribution is 5.97. The number of carbonyl (C=O) groups is 2. The summed E-state index contributed by atoms with van der Waals surface area (Å²) in [4.78, 5) is 35.8. The molecule has 4 aromatic rings. The lowest BCUT2D eigenvalue weighted by molar-refractivity contribution is -0.141. The molecule has 2 fully saturated rings. The molecule has 2 aliphatic rings. The van der Waals surface area contributed by atoms with E-state index in [1.165, 1.54) is 46.7 Å². The molecule has 2 N–H and O–H groups in total. The topological polar surface area (TPSA) is 128 Å². The summed E-state index contributed by atoms with van der Waals surface area (Å²) < 4.78 is 56.1. The Morgan fingerprint density at radius 3 is 2.64 bits per heavy atom. The van der Waals surface area contributed by atoms with E-state index in [4.69, 9.17) is 9.47 Å². The fourth-order valence-corrected chi connectivity index (χ4v) is 6.07. The molecule has 0 bridgehead atoms. The number of aromatic nitrogens is 5. The van der Waals surface area contributed by atoms with E-state index in [1.807, 2.05) is 6.92 Å². The number of amides is 1. The SMILES string of the molecule is CCc1c(C(=O)NCCOCCN2CCCC2)ccc(Nc2nccn3c(-c4cn(C5CCC5)nc4C(F)(F)F)cnc23)c1OC=O. The lowest BCUT2D eigenvalue weighted by Gasteiger charge is -2.25. The van der Waals surface area contributed by atoms with Crippen LogP contribution in [0.4, 0.5) is 24.7 Å². The predicted molar refractivity (Wildman–Crippen MR) is 167 cm³/mol. The van der Waals surface area contributed by atoms with E-state index in [0.29, 0.717) is 43.0 Å². The molecule has 47 heavy (non-hydrogen) atoms. The molecule has 15 heteroatoms. The van der Waals surface area contributed by atoms with Crippen molar-refractivity contribution < 1.29 is 32.2 Å². The molecular weight excluding hydrogens is 617 g/mol. The number of nitrogens with one attached hydrogen (secondary N) is 2.